The standard InChI is InChI=1S/C24H51N.C4H11N.C2H6/c1-3-5-7-9-11-13-15-17-19-21-23-25-24-22-20-18-16-14-12-10-8-6-4-2;1-3-4-5-2;1-2/h25H,3-24H2,1-2H3;5H,3-4H2,1-2H3;1-2H3. The highest BCUT2D eigenvalue weighted by molar-refractivity contribution is 4.53. The minimum Gasteiger partial charge on any atom is -0.320 e. The fourth-order valence-electron chi connectivity index (χ4n) is 3.85. The largest absolute Gasteiger partial charge is 0.320 e. The first-order chi connectivity index (χ1) is 15.8. The monoisotopic (exact) mass is 457 g/mol. The molecule has 0 amide bonds. The Labute approximate surface area is 206 Å². The van der Waals surface area contributed by atoms with Crippen LogP contribution in [0.1, 0.15) is 169 Å². The average molecular weight is 457 g/mol. The SMILES string of the molecule is CC.CCCCCCCCCCCCNCCCCCCCCCCCC.CCCNC. The van der Waals surface area contributed by atoms with Gasteiger partial charge in [-0.1, -0.05) is 150 Å². The molecule has 0 radical (unpaired) electrons. The van der Waals surface area contributed by atoms with E-state index in [9.17, 15) is 0 Å². The summed E-state index contributed by atoms with van der Waals surface area (Å²) < 4.78 is 0. The maximum Gasteiger partial charge on any atom is -0.00489 e. The fourth-order valence-corrected chi connectivity index (χ4v) is 3.85. The lowest BCUT2D eigenvalue weighted by molar-refractivity contribution is 0.525. The van der Waals surface area contributed by atoms with Gasteiger partial charge in [-0.15, -0.1) is 0 Å². The lowest BCUT2D eigenvalue weighted by Gasteiger charge is -2.05. The normalized spacial score (nSPS) is 10.3. The van der Waals surface area contributed by atoms with Crippen molar-refractivity contribution in [3.05, 3.63) is 0 Å². The molecule has 2 heteroatoms. The second kappa shape index (κ2) is 41.2. The van der Waals surface area contributed by atoms with Crippen LogP contribution in [0.4, 0.5) is 0 Å². The summed E-state index contributed by atoms with van der Waals surface area (Å²) in [7, 11) is 1.96. The number of hydrogen-bond donors (Lipinski definition) is 2. The molecule has 0 rings (SSSR count). The van der Waals surface area contributed by atoms with Crippen LogP contribution in [0.15, 0.2) is 0 Å². The molecule has 0 heterocycles. The molecule has 2 nitrogen and oxygen atoms in total. The van der Waals surface area contributed by atoms with Gasteiger partial charge in [-0.25, -0.2) is 0 Å². The van der Waals surface area contributed by atoms with Crippen molar-refractivity contribution >= 4 is 0 Å². The number of hydrogen-bond acceptors (Lipinski definition) is 2. The zero-order chi connectivity index (χ0) is 24.4. The van der Waals surface area contributed by atoms with Crippen molar-refractivity contribution in [3.8, 4) is 0 Å². The van der Waals surface area contributed by atoms with Crippen LogP contribution in [0.5, 0.6) is 0 Å². The summed E-state index contributed by atoms with van der Waals surface area (Å²) in [6.45, 7) is 14.4. The topological polar surface area (TPSA) is 24.1 Å². The molecule has 0 aliphatic rings. The summed E-state index contributed by atoms with van der Waals surface area (Å²) in [5, 5.41) is 6.65. The lowest BCUT2D eigenvalue weighted by atomic mass is 10.1. The van der Waals surface area contributed by atoms with E-state index in [4.69, 9.17) is 0 Å². The van der Waals surface area contributed by atoms with Gasteiger partial charge in [-0.05, 0) is 45.9 Å². The second-order valence-corrected chi connectivity index (χ2v) is 9.22. The molecule has 0 atom stereocenters. The van der Waals surface area contributed by atoms with Crippen molar-refractivity contribution in [1.82, 2.24) is 10.6 Å². The van der Waals surface area contributed by atoms with E-state index in [1.165, 1.54) is 148 Å². The van der Waals surface area contributed by atoms with E-state index in [0.29, 0.717) is 0 Å². The summed E-state index contributed by atoms with van der Waals surface area (Å²) in [5.74, 6) is 0. The molecular weight excluding hydrogens is 388 g/mol. The van der Waals surface area contributed by atoms with E-state index >= 15 is 0 Å². The first kappa shape index (κ1) is 36.5. The van der Waals surface area contributed by atoms with Gasteiger partial charge < -0.3 is 10.6 Å². The Morgan fingerprint density at radius 3 is 0.844 bits per heavy atom. The Bertz CT molecular complexity index is 231. The maximum absolute atomic E-state index is 3.64. The summed E-state index contributed by atoms with van der Waals surface area (Å²) in [6.07, 6.45) is 30.0. The summed E-state index contributed by atoms with van der Waals surface area (Å²) in [4.78, 5) is 0. The van der Waals surface area contributed by atoms with Gasteiger partial charge in [-0.3, -0.25) is 0 Å². The van der Waals surface area contributed by atoms with Crippen molar-refractivity contribution < 1.29 is 0 Å². The highest BCUT2D eigenvalue weighted by atomic mass is 14.8. The molecule has 0 saturated carbocycles. The van der Waals surface area contributed by atoms with Crippen LogP contribution in [-0.4, -0.2) is 26.7 Å². The van der Waals surface area contributed by atoms with Gasteiger partial charge in [0.15, 0.2) is 0 Å². The van der Waals surface area contributed by atoms with Gasteiger partial charge in [-0.2, -0.15) is 0 Å². The Morgan fingerprint density at radius 2 is 0.625 bits per heavy atom. The van der Waals surface area contributed by atoms with Gasteiger partial charge in [0.1, 0.15) is 0 Å². The van der Waals surface area contributed by atoms with Crippen LogP contribution in [0, 0.1) is 0 Å². The summed E-state index contributed by atoms with van der Waals surface area (Å²) >= 11 is 0. The molecule has 32 heavy (non-hydrogen) atoms. The zero-order valence-electron chi connectivity index (χ0n) is 24.0. The number of rotatable bonds is 24. The van der Waals surface area contributed by atoms with E-state index < -0.39 is 0 Å². The van der Waals surface area contributed by atoms with Crippen molar-refractivity contribution in [2.24, 2.45) is 0 Å². The van der Waals surface area contributed by atoms with Gasteiger partial charge in [0.25, 0.3) is 0 Å². The van der Waals surface area contributed by atoms with Crippen LogP contribution < -0.4 is 10.6 Å². The molecule has 198 valence electrons. The third-order valence-electron chi connectivity index (χ3n) is 5.91. The molecule has 0 fully saturated rings. The van der Waals surface area contributed by atoms with Gasteiger partial charge >= 0.3 is 0 Å². The van der Waals surface area contributed by atoms with Crippen LogP contribution in [0.25, 0.3) is 0 Å². The van der Waals surface area contributed by atoms with Crippen LogP contribution in [0.2, 0.25) is 0 Å². The Hall–Kier alpha value is -0.0800. The second-order valence-electron chi connectivity index (χ2n) is 9.22. The molecule has 0 unspecified atom stereocenters. The van der Waals surface area contributed by atoms with E-state index in [2.05, 4.69) is 31.4 Å². The highest BCUT2D eigenvalue weighted by Gasteiger charge is 1.94. The first-order valence-corrected chi connectivity index (χ1v) is 15.2. The van der Waals surface area contributed by atoms with Gasteiger partial charge in [0.05, 0.1) is 0 Å². The molecule has 0 aromatic rings. The fraction of sp³-hybridized carbons (Fsp3) is 1.00. The molecule has 0 aromatic heterocycles. The first-order valence-electron chi connectivity index (χ1n) is 15.2. The molecule has 0 aliphatic heterocycles. The number of nitrogens with one attached hydrogen (secondary N) is 2. The smallest absolute Gasteiger partial charge is 0.00489 e. The lowest BCUT2D eigenvalue weighted by Crippen LogP contribution is -2.16. The van der Waals surface area contributed by atoms with Gasteiger partial charge in [0, 0.05) is 0 Å². The van der Waals surface area contributed by atoms with Crippen molar-refractivity contribution in [1.29, 1.82) is 0 Å². The Kier molecular flexibility index (Phi) is 47.0. The quantitative estimate of drug-likeness (QED) is 0.141. The molecule has 0 aliphatic carbocycles. The van der Waals surface area contributed by atoms with E-state index in [0.717, 1.165) is 6.54 Å². The minimum absolute atomic E-state index is 1.14. The predicted octanol–water partition coefficient (Wildman–Crippen LogP) is 10.1. The highest BCUT2D eigenvalue weighted by Crippen LogP contribution is 2.11. The van der Waals surface area contributed by atoms with E-state index in [1.54, 1.807) is 0 Å². The third kappa shape index (κ3) is 43.7. The van der Waals surface area contributed by atoms with Crippen molar-refractivity contribution in [2.75, 3.05) is 26.7 Å². The van der Waals surface area contributed by atoms with Crippen molar-refractivity contribution in [3.63, 3.8) is 0 Å². The van der Waals surface area contributed by atoms with Crippen LogP contribution in [-0.2, 0) is 0 Å². The molecule has 0 saturated heterocycles. The molecule has 0 spiro atoms. The Balaban J connectivity index is -0.00000105. The van der Waals surface area contributed by atoms with Crippen molar-refractivity contribution in [2.45, 2.75) is 169 Å². The van der Waals surface area contributed by atoms with E-state index in [-0.39, 0.29) is 0 Å². The predicted molar refractivity (Wildman–Crippen MR) is 152 cm³/mol. The molecule has 0 aromatic carbocycles. The van der Waals surface area contributed by atoms with E-state index in [1.807, 2.05) is 20.9 Å². The molecule has 2 N–H and O–H groups in total. The zero-order valence-corrected chi connectivity index (χ0v) is 24.0. The average Bonchev–Trinajstić information content (AvgIpc) is 2.82. The van der Waals surface area contributed by atoms with Crippen LogP contribution in [0.3, 0.4) is 0 Å². The summed E-state index contributed by atoms with van der Waals surface area (Å²) in [5.41, 5.74) is 0. The maximum atomic E-state index is 3.64. The molecular formula is C30H68N2. The summed E-state index contributed by atoms with van der Waals surface area (Å²) in [6, 6.07) is 0. The minimum atomic E-state index is 1.14. The third-order valence-corrected chi connectivity index (χ3v) is 5.91. The Morgan fingerprint density at radius 1 is 0.344 bits per heavy atom. The molecule has 0 bridgehead atoms. The van der Waals surface area contributed by atoms with Crippen LogP contribution >= 0.6 is 0 Å². The van der Waals surface area contributed by atoms with Gasteiger partial charge in [0.2, 0.25) is 0 Å². The number of unbranched alkanes of at least 4 members (excludes halogenated alkanes) is 18.